The van der Waals surface area contributed by atoms with Crippen molar-refractivity contribution in [2.75, 3.05) is 0 Å². The zero-order valence-electron chi connectivity index (χ0n) is 8.73. The van der Waals surface area contributed by atoms with E-state index in [1.807, 2.05) is 12.1 Å². The monoisotopic (exact) mass is 217 g/mol. The van der Waals surface area contributed by atoms with Gasteiger partial charge in [0.05, 0.1) is 5.69 Å². The van der Waals surface area contributed by atoms with Gasteiger partial charge < -0.3 is 5.32 Å². The summed E-state index contributed by atoms with van der Waals surface area (Å²) in [6.07, 6.45) is 3.19. The molecule has 1 aromatic heterocycles. The molecule has 0 unspecified atom stereocenters. The smallest absolute Gasteiger partial charge is 0.127 e. The Morgan fingerprint density at radius 3 is 2.75 bits per heavy atom. The molecule has 0 saturated heterocycles. The molecule has 0 bridgehead atoms. The standard InChI is InChI=1S/C12H12FN3/c13-12-4-2-1-3-10(12)7-15-8-11-5-6-14-9-16-11/h1-6,9,15H,7-8H2. The van der Waals surface area contributed by atoms with Crippen LogP contribution in [0.1, 0.15) is 11.3 Å². The molecule has 0 saturated carbocycles. The molecule has 1 N–H and O–H groups in total. The van der Waals surface area contributed by atoms with Gasteiger partial charge in [0.1, 0.15) is 12.1 Å². The third kappa shape index (κ3) is 2.84. The lowest BCUT2D eigenvalue weighted by atomic mass is 10.2. The van der Waals surface area contributed by atoms with Crippen LogP contribution >= 0.6 is 0 Å². The van der Waals surface area contributed by atoms with Gasteiger partial charge in [-0.05, 0) is 12.1 Å². The summed E-state index contributed by atoms with van der Waals surface area (Å²) < 4.78 is 13.2. The maximum Gasteiger partial charge on any atom is 0.127 e. The highest BCUT2D eigenvalue weighted by molar-refractivity contribution is 5.17. The van der Waals surface area contributed by atoms with E-state index in [0.717, 1.165) is 5.69 Å². The molecule has 0 spiro atoms. The van der Waals surface area contributed by atoms with E-state index in [1.165, 1.54) is 12.4 Å². The number of hydrogen-bond acceptors (Lipinski definition) is 3. The Morgan fingerprint density at radius 1 is 1.12 bits per heavy atom. The van der Waals surface area contributed by atoms with Crippen LogP contribution in [0.15, 0.2) is 42.9 Å². The van der Waals surface area contributed by atoms with Crippen LogP contribution in [0.3, 0.4) is 0 Å². The van der Waals surface area contributed by atoms with E-state index < -0.39 is 0 Å². The average Bonchev–Trinajstić information content (AvgIpc) is 2.33. The second-order valence-electron chi connectivity index (χ2n) is 3.40. The van der Waals surface area contributed by atoms with Gasteiger partial charge in [0, 0.05) is 24.8 Å². The van der Waals surface area contributed by atoms with Crippen LogP contribution in [0, 0.1) is 5.82 Å². The van der Waals surface area contributed by atoms with Crippen molar-refractivity contribution >= 4 is 0 Å². The molecule has 0 aliphatic carbocycles. The van der Waals surface area contributed by atoms with E-state index >= 15 is 0 Å². The van der Waals surface area contributed by atoms with Crippen molar-refractivity contribution in [2.24, 2.45) is 0 Å². The number of rotatable bonds is 4. The van der Waals surface area contributed by atoms with Gasteiger partial charge in [-0.25, -0.2) is 14.4 Å². The zero-order chi connectivity index (χ0) is 11.2. The molecule has 2 rings (SSSR count). The summed E-state index contributed by atoms with van der Waals surface area (Å²) in [5, 5.41) is 3.13. The van der Waals surface area contributed by atoms with Crippen molar-refractivity contribution < 1.29 is 4.39 Å². The molecule has 0 aliphatic rings. The summed E-state index contributed by atoms with van der Waals surface area (Å²) >= 11 is 0. The third-order valence-electron chi connectivity index (χ3n) is 2.22. The first kappa shape index (κ1) is 10.7. The second-order valence-corrected chi connectivity index (χ2v) is 3.40. The SMILES string of the molecule is Fc1ccccc1CNCc1ccncn1. The molecule has 4 heteroatoms. The maximum absolute atomic E-state index is 13.2. The lowest BCUT2D eigenvalue weighted by Crippen LogP contribution is -2.14. The van der Waals surface area contributed by atoms with Crippen LogP contribution in [0.4, 0.5) is 4.39 Å². The summed E-state index contributed by atoms with van der Waals surface area (Å²) in [6, 6.07) is 8.56. The summed E-state index contributed by atoms with van der Waals surface area (Å²) in [6.45, 7) is 1.10. The van der Waals surface area contributed by atoms with Crippen molar-refractivity contribution in [1.82, 2.24) is 15.3 Å². The number of nitrogens with one attached hydrogen (secondary N) is 1. The Hall–Kier alpha value is -1.81. The largest absolute Gasteiger partial charge is 0.307 e. The first-order valence-electron chi connectivity index (χ1n) is 5.05. The average molecular weight is 217 g/mol. The predicted molar refractivity (Wildman–Crippen MR) is 59.0 cm³/mol. The fourth-order valence-electron chi connectivity index (χ4n) is 1.39. The van der Waals surface area contributed by atoms with Crippen molar-refractivity contribution in [1.29, 1.82) is 0 Å². The Kier molecular flexibility index (Phi) is 3.56. The van der Waals surface area contributed by atoms with E-state index in [0.29, 0.717) is 18.7 Å². The lowest BCUT2D eigenvalue weighted by Gasteiger charge is -2.04. The fraction of sp³-hybridized carbons (Fsp3) is 0.167. The Balaban J connectivity index is 1.87. The molecule has 0 amide bonds. The molecular formula is C12H12FN3. The van der Waals surface area contributed by atoms with Gasteiger partial charge in [0.25, 0.3) is 0 Å². The minimum Gasteiger partial charge on any atom is -0.307 e. The minimum absolute atomic E-state index is 0.183. The van der Waals surface area contributed by atoms with Gasteiger partial charge in [0.2, 0.25) is 0 Å². The highest BCUT2D eigenvalue weighted by atomic mass is 19.1. The fourth-order valence-corrected chi connectivity index (χ4v) is 1.39. The van der Waals surface area contributed by atoms with Gasteiger partial charge in [-0.3, -0.25) is 0 Å². The highest BCUT2D eigenvalue weighted by Crippen LogP contribution is 2.05. The Labute approximate surface area is 93.4 Å². The minimum atomic E-state index is -0.183. The highest BCUT2D eigenvalue weighted by Gasteiger charge is 1.99. The maximum atomic E-state index is 13.2. The predicted octanol–water partition coefficient (Wildman–Crippen LogP) is 1.91. The molecule has 1 heterocycles. The van der Waals surface area contributed by atoms with Crippen LogP contribution < -0.4 is 5.32 Å². The van der Waals surface area contributed by atoms with Gasteiger partial charge in [-0.2, -0.15) is 0 Å². The van der Waals surface area contributed by atoms with Crippen LogP contribution in [-0.4, -0.2) is 9.97 Å². The van der Waals surface area contributed by atoms with Gasteiger partial charge in [-0.15, -0.1) is 0 Å². The van der Waals surface area contributed by atoms with Crippen LogP contribution in [0.5, 0.6) is 0 Å². The molecule has 0 atom stereocenters. The number of aromatic nitrogens is 2. The normalized spacial score (nSPS) is 10.3. The van der Waals surface area contributed by atoms with Crippen LogP contribution in [-0.2, 0) is 13.1 Å². The first-order valence-corrected chi connectivity index (χ1v) is 5.05. The molecule has 0 fully saturated rings. The molecule has 82 valence electrons. The quantitative estimate of drug-likeness (QED) is 0.850. The van der Waals surface area contributed by atoms with Crippen LogP contribution in [0.2, 0.25) is 0 Å². The van der Waals surface area contributed by atoms with Gasteiger partial charge in [-0.1, -0.05) is 18.2 Å². The van der Waals surface area contributed by atoms with Crippen molar-refractivity contribution in [3.05, 3.63) is 59.9 Å². The van der Waals surface area contributed by atoms with Crippen molar-refractivity contribution in [3.8, 4) is 0 Å². The Morgan fingerprint density at radius 2 is 2.00 bits per heavy atom. The Bertz CT molecular complexity index is 445. The van der Waals surface area contributed by atoms with Crippen molar-refractivity contribution in [3.63, 3.8) is 0 Å². The second kappa shape index (κ2) is 5.32. The summed E-state index contributed by atoms with van der Waals surface area (Å²) in [5.41, 5.74) is 1.56. The van der Waals surface area contributed by atoms with E-state index in [9.17, 15) is 4.39 Å². The molecule has 16 heavy (non-hydrogen) atoms. The molecular weight excluding hydrogens is 205 g/mol. The van der Waals surface area contributed by atoms with E-state index in [4.69, 9.17) is 0 Å². The van der Waals surface area contributed by atoms with Crippen molar-refractivity contribution in [2.45, 2.75) is 13.1 Å². The number of hydrogen-bond donors (Lipinski definition) is 1. The first-order chi connectivity index (χ1) is 7.86. The summed E-state index contributed by atoms with van der Waals surface area (Å²) in [5.74, 6) is -0.183. The zero-order valence-corrected chi connectivity index (χ0v) is 8.73. The summed E-state index contributed by atoms with van der Waals surface area (Å²) in [4.78, 5) is 7.89. The van der Waals surface area contributed by atoms with E-state index in [2.05, 4.69) is 15.3 Å². The van der Waals surface area contributed by atoms with Crippen LogP contribution in [0.25, 0.3) is 0 Å². The number of benzene rings is 1. The molecule has 2 aromatic rings. The van der Waals surface area contributed by atoms with Gasteiger partial charge in [0.15, 0.2) is 0 Å². The number of nitrogens with zero attached hydrogens (tertiary/aromatic N) is 2. The number of halogens is 1. The van der Waals surface area contributed by atoms with E-state index in [-0.39, 0.29) is 5.82 Å². The third-order valence-corrected chi connectivity index (χ3v) is 2.22. The molecule has 3 nitrogen and oxygen atoms in total. The molecule has 0 aliphatic heterocycles. The topological polar surface area (TPSA) is 37.8 Å². The van der Waals surface area contributed by atoms with Gasteiger partial charge >= 0.3 is 0 Å². The van der Waals surface area contributed by atoms with E-state index in [1.54, 1.807) is 18.3 Å². The molecule has 0 radical (unpaired) electrons. The molecule has 1 aromatic carbocycles. The summed E-state index contributed by atoms with van der Waals surface area (Å²) in [7, 11) is 0. The lowest BCUT2D eigenvalue weighted by molar-refractivity contribution is 0.585.